The van der Waals surface area contributed by atoms with Crippen molar-refractivity contribution in [2.45, 2.75) is 83.5 Å². The fourth-order valence-electron chi connectivity index (χ4n) is 5.45. The maximum Gasteiger partial charge on any atom is 0.310 e. The molecule has 2 aliphatic carbocycles. The number of benzene rings is 1. The molecular weight excluding hydrogens is 376 g/mol. The summed E-state index contributed by atoms with van der Waals surface area (Å²) in [5.41, 5.74) is 3.13. The van der Waals surface area contributed by atoms with Gasteiger partial charge in [0.25, 0.3) is 0 Å². The van der Waals surface area contributed by atoms with Crippen LogP contribution < -0.4 is 0 Å². The molecule has 1 saturated heterocycles. The molecule has 1 aromatic rings. The standard InChI is InChI=1S/C26H36O4/c1-16(2)10-13-23(27)26(4)21-12-11-17(3)24(21)22(15-29-26)30-25(28)20-14-19(20)18-8-6-5-7-9-18/h5-9,16,19-23,27H,10-15H2,1-4H3/t19?,20?,21-,22-,23-,26+/m1/s1. The van der Waals surface area contributed by atoms with Crippen LogP contribution in [0.4, 0.5) is 0 Å². The van der Waals surface area contributed by atoms with Gasteiger partial charge in [0.1, 0.15) is 6.10 Å². The van der Waals surface area contributed by atoms with Crippen LogP contribution in [0.5, 0.6) is 0 Å². The minimum Gasteiger partial charge on any atom is -0.455 e. The molecule has 0 amide bonds. The van der Waals surface area contributed by atoms with Crippen LogP contribution in [-0.4, -0.2) is 35.5 Å². The Bertz CT molecular complexity index is 799. The van der Waals surface area contributed by atoms with Gasteiger partial charge >= 0.3 is 5.97 Å². The van der Waals surface area contributed by atoms with Crippen LogP contribution in [0, 0.1) is 17.8 Å². The molecule has 1 N–H and O–H groups in total. The monoisotopic (exact) mass is 412 g/mol. The van der Waals surface area contributed by atoms with E-state index in [1.165, 1.54) is 16.7 Å². The van der Waals surface area contributed by atoms with Crippen LogP contribution in [0.2, 0.25) is 0 Å². The Morgan fingerprint density at radius 1 is 1.27 bits per heavy atom. The van der Waals surface area contributed by atoms with Crippen LogP contribution in [0.25, 0.3) is 0 Å². The van der Waals surface area contributed by atoms with Crippen molar-refractivity contribution in [1.29, 1.82) is 0 Å². The van der Waals surface area contributed by atoms with E-state index in [9.17, 15) is 9.90 Å². The second-order valence-corrected chi connectivity index (χ2v) is 10.1. The summed E-state index contributed by atoms with van der Waals surface area (Å²) in [6.07, 6.45) is 3.71. The molecule has 1 aromatic carbocycles. The third-order valence-corrected chi connectivity index (χ3v) is 7.52. The van der Waals surface area contributed by atoms with E-state index in [4.69, 9.17) is 9.47 Å². The Kier molecular flexibility index (Phi) is 6.09. The molecular formula is C26H36O4. The molecule has 1 aliphatic heterocycles. The predicted octanol–water partition coefficient (Wildman–Crippen LogP) is 5.01. The molecule has 0 bridgehead atoms. The Morgan fingerprint density at radius 3 is 2.70 bits per heavy atom. The molecule has 164 valence electrons. The lowest BCUT2D eigenvalue weighted by Crippen LogP contribution is -2.55. The first-order valence-electron chi connectivity index (χ1n) is 11.6. The maximum atomic E-state index is 12.9. The van der Waals surface area contributed by atoms with Crippen molar-refractivity contribution in [2.75, 3.05) is 6.61 Å². The molecule has 30 heavy (non-hydrogen) atoms. The molecule has 6 atom stereocenters. The molecule has 4 heteroatoms. The van der Waals surface area contributed by atoms with Gasteiger partial charge in [-0.2, -0.15) is 0 Å². The molecule has 0 spiro atoms. The van der Waals surface area contributed by atoms with Crippen LogP contribution in [0.1, 0.15) is 71.3 Å². The van der Waals surface area contributed by atoms with Gasteiger partial charge in [0.05, 0.1) is 24.2 Å². The molecule has 4 rings (SSSR count). The molecule has 1 saturated carbocycles. The largest absolute Gasteiger partial charge is 0.455 e. The molecule has 2 unspecified atom stereocenters. The van der Waals surface area contributed by atoms with Gasteiger partial charge < -0.3 is 14.6 Å². The normalized spacial score (nSPS) is 34.1. The number of aliphatic hydroxyl groups is 1. The fourth-order valence-corrected chi connectivity index (χ4v) is 5.45. The average molecular weight is 413 g/mol. The number of carbonyl (C=O) groups is 1. The lowest BCUT2D eigenvalue weighted by atomic mass is 9.74. The summed E-state index contributed by atoms with van der Waals surface area (Å²) in [7, 11) is 0. The Hall–Kier alpha value is -1.65. The Morgan fingerprint density at radius 2 is 2.00 bits per heavy atom. The van der Waals surface area contributed by atoms with Crippen molar-refractivity contribution in [2.24, 2.45) is 17.8 Å². The maximum absolute atomic E-state index is 12.9. The number of rotatable bonds is 7. The Labute approximate surface area is 180 Å². The Balaban J connectivity index is 1.43. The smallest absolute Gasteiger partial charge is 0.310 e. The second-order valence-electron chi connectivity index (χ2n) is 10.1. The summed E-state index contributed by atoms with van der Waals surface area (Å²) in [6.45, 7) is 8.89. The van der Waals surface area contributed by atoms with Crippen LogP contribution in [0.3, 0.4) is 0 Å². The van der Waals surface area contributed by atoms with Gasteiger partial charge in [-0.3, -0.25) is 4.79 Å². The van der Waals surface area contributed by atoms with Crippen molar-refractivity contribution in [1.82, 2.24) is 0 Å². The van der Waals surface area contributed by atoms with Crippen molar-refractivity contribution in [3.05, 3.63) is 47.0 Å². The zero-order valence-electron chi connectivity index (χ0n) is 18.8. The number of hydrogen-bond acceptors (Lipinski definition) is 4. The van der Waals surface area contributed by atoms with E-state index in [1.807, 2.05) is 25.1 Å². The summed E-state index contributed by atoms with van der Waals surface area (Å²) >= 11 is 0. The SMILES string of the molecule is CC1=C2[C@@H](CC1)[C@@](C)([C@H](O)CCC(C)C)OC[C@H]2OC(=O)C1CC1c1ccccc1. The summed E-state index contributed by atoms with van der Waals surface area (Å²) in [5, 5.41) is 11.0. The quantitative estimate of drug-likeness (QED) is 0.505. The third-order valence-electron chi connectivity index (χ3n) is 7.52. The van der Waals surface area contributed by atoms with Gasteiger partial charge in [0.2, 0.25) is 0 Å². The van der Waals surface area contributed by atoms with Crippen molar-refractivity contribution < 1.29 is 19.4 Å². The lowest BCUT2D eigenvalue weighted by Gasteiger charge is -2.47. The predicted molar refractivity (Wildman–Crippen MR) is 117 cm³/mol. The zero-order chi connectivity index (χ0) is 21.5. The van der Waals surface area contributed by atoms with Crippen molar-refractivity contribution >= 4 is 5.97 Å². The molecule has 3 aliphatic rings. The summed E-state index contributed by atoms with van der Waals surface area (Å²) in [4.78, 5) is 12.9. The van der Waals surface area contributed by atoms with Crippen molar-refractivity contribution in [3.63, 3.8) is 0 Å². The first-order chi connectivity index (χ1) is 14.3. The molecule has 2 fully saturated rings. The zero-order valence-corrected chi connectivity index (χ0v) is 18.8. The first kappa shape index (κ1) is 21.6. The molecule has 4 nitrogen and oxygen atoms in total. The summed E-state index contributed by atoms with van der Waals surface area (Å²) in [6, 6.07) is 10.2. The van der Waals surface area contributed by atoms with E-state index in [0.29, 0.717) is 12.5 Å². The number of hydrogen-bond donors (Lipinski definition) is 1. The molecule has 0 aromatic heterocycles. The average Bonchev–Trinajstić information content (AvgIpc) is 3.44. The number of aliphatic hydroxyl groups excluding tert-OH is 1. The lowest BCUT2D eigenvalue weighted by molar-refractivity contribution is -0.190. The van der Waals surface area contributed by atoms with Gasteiger partial charge in [-0.15, -0.1) is 0 Å². The van der Waals surface area contributed by atoms with Gasteiger partial charge in [-0.1, -0.05) is 49.8 Å². The summed E-state index contributed by atoms with van der Waals surface area (Å²) in [5.74, 6) is 0.804. The van der Waals surface area contributed by atoms with Gasteiger partial charge in [-0.05, 0) is 68.9 Å². The molecule has 1 heterocycles. The van der Waals surface area contributed by atoms with E-state index in [0.717, 1.165) is 32.1 Å². The first-order valence-corrected chi connectivity index (χ1v) is 11.6. The van der Waals surface area contributed by atoms with Crippen LogP contribution in [0.15, 0.2) is 41.5 Å². The van der Waals surface area contributed by atoms with Crippen molar-refractivity contribution in [3.8, 4) is 0 Å². The highest BCUT2D eigenvalue weighted by atomic mass is 16.6. The van der Waals surface area contributed by atoms with E-state index in [2.05, 4.69) is 32.9 Å². The third kappa shape index (κ3) is 4.09. The summed E-state index contributed by atoms with van der Waals surface area (Å²) < 4.78 is 12.3. The molecule has 0 radical (unpaired) electrons. The number of allylic oxidation sites excluding steroid dienone is 1. The number of esters is 1. The highest BCUT2D eigenvalue weighted by Gasteiger charge is 2.53. The fraction of sp³-hybridized carbons (Fsp3) is 0.654. The van der Waals surface area contributed by atoms with E-state index >= 15 is 0 Å². The number of ether oxygens (including phenoxy) is 2. The minimum absolute atomic E-state index is 0.0434. The van der Waals surface area contributed by atoms with Gasteiger partial charge in [0.15, 0.2) is 0 Å². The van der Waals surface area contributed by atoms with Gasteiger partial charge in [-0.25, -0.2) is 0 Å². The number of fused-ring (bicyclic) bond motifs is 1. The minimum atomic E-state index is -0.600. The van der Waals surface area contributed by atoms with E-state index in [-0.39, 0.29) is 29.8 Å². The van der Waals surface area contributed by atoms with Crippen LogP contribution in [-0.2, 0) is 14.3 Å². The number of carbonyl (C=O) groups excluding carboxylic acids is 1. The highest BCUT2D eigenvalue weighted by Crippen LogP contribution is 2.51. The second kappa shape index (κ2) is 8.47. The van der Waals surface area contributed by atoms with Crippen LogP contribution >= 0.6 is 0 Å². The highest BCUT2D eigenvalue weighted by molar-refractivity contribution is 5.78. The van der Waals surface area contributed by atoms with Gasteiger partial charge in [0, 0.05) is 5.92 Å². The van der Waals surface area contributed by atoms with E-state index in [1.54, 1.807) is 0 Å². The topological polar surface area (TPSA) is 55.8 Å². The van der Waals surface area contributed by atoms with E-state index < -0.39 is 11.7 Å².